The summed E-state index contributed by atoms with van der Waals surface area (Å²) < 4.78 is 0. The molecular formula is C15H14ClN3O2. The summed E-state index contributed by atoms with van der Waals surface area (Å²) in [7, 11) is 0. The average Bonchev–Trinajstić information content (AvgIpc) is 2.71. The van der Waals surface area contributed by atoms with Crippen molar-refractivity contribution in [3.63, 3.8) is 0 Å². The van der Waals surface area contributed by atoms with Gasteiger partial charge in [-0.15, -0.1) is 0 Å². The Labute approximate surface area is 126 Å². The smallest absolute Gasteiger partial charge is 0.273 e. The summed E-state index contributed by atoms with van der Waals surface area (Å²) in [5.41, 5.74) is 0.272. The molecule has 2 amide bonds. The fraction of sp³-hybridized carbons (Fsp3) is 0.267. The Morgan fingerprint density at radius 1 is 1.33 bits per heavy atom. The number of hydrogen-bond donors (Lipinski definition) is 1. The number of pyridine rings is 1. The van der Waals surface area contributed by atoms with Crippen molar-refractivity contribution >= 4 is 34.2 Å². The minimum Gasteiger partial charge on any atom is -0.354 e. The molecule has 1 aliphatic rings. The van der Waals surface area contributed by atoms with Gasteiger partial charge in [-0.1, -0.05) is 35.9 Å². The molecular weight excluding hydrogens is 290 g/mol. The lowest BCUT2D eigenvalue weighted by molar-refractivity contribution is -0.121. The molecule has 0 unspecified atom stereocenters. The molecule has 1 aromatic heterocycles. The number of aromatic nitrogens is 1. The number of hydrogen-bond acceptors (Lipinski definition) is 3. The average molecular weight is 304 g/mol. The third-order valence-electron chi connectivity index (χ3n) is 3.46. The zero-order chi connectivity index (χ0) is 14.8. The van der Waals surface area contributed by atoms with Gasteiger partial charge in [-0.05, 0) is 17.9 Å². The molecule has 0 bridgehead atoms. The van der Waals surface area contributed by atoms with Crippen LogP contribution in [0, 0.1) is 0 Å². The Hall–Kier alpha value is -2.14. The van der Waals surface area contributed by atoms with Crippen LogP contribution in [0.2, 0.25) is 5.15 Å². The maximum Gasteiger partial charge on any atom is 0.273 e. The molecule has 1 N–H and O–H groups in total. The van der Waals surface area contributed by atoms with Gasteiger partial charge < -0.3 is 10.2 Å². The molecule has 1 fully saturated rings. The van der Waals surface area contributed by atoms with Crippen LogP contribution in [-0.4, -0.2) is 41.3 Å². The molecule has 6 heteroatoms. The highest BCUT2D eigenvalue weighted by atomic mass is 35.5. The van der Waals surface area contributed by atoms with Crippen LogP contribution in [0.15, 0.2) is 30.3 Å². The monoisotopic (exact) mass is 303 g/mol. The van der Waals surface area contributed by atoms with Crippen LogP contribution in [0.3, 0.4) is 0 Å². The van der Waals surface area contributed by atoms with Crippen molar-refractivity contribution in [1.29, 1.82) is 0 Å². The van der Waals surface area contributed by atoms with Gasteiger partial charge in [0.05, 0.1) is 6.54 Å². The number of benzene rings is 1. The second-order valence-corrected chi connectivity index (χ2v) is 5.31. The predicted molar refractivity (Wildman–Crippen MR) is 80.3 cm³/mol. The third-order valence-corrected chi connectivity index (χ3v) is 3.75. The van der Waals surface area contributed by atoms with Crippen LogP contribution in [0.1, 0.15) is 16.9 Å². The Morgan fingerprint density at radius 2 is 2.14 bits per heavy atom. The molecule has 0 atom stereocenters. The number of halogens is 1. The summed E-state index contributed by atoms with van der Waals surface area (Å²) in [5, 5.41) is 4.71. The fourth-order valence-electron chi connectivity index (χ4n) is 2.41. The van der Waals surface area contributed by atoms with Crippen LogP contribution in [-0.2, 0) is 4.79 Å². The molecule has 21 heavy (non-hydrogen) atoms. The molecule has 3 rings (SSSR count). The Bertz CT molecular complexity index is 717. The Balaban J connectivity index is 1.95. The van der Waals surface area contributed by atoms with Gasteiger partial charge >= 0.3 is 0 Å². The number of carbonyl (C=O) groups excluding carboxylic acids is 2. The summed E-state index contributed by atoms with van der Waals surface area (Å²) in [5.74, 6) is -0.410. The van der Waals surface area contributed by atoms with Crippen LogP contribution in [0.4, 0.5) is 0 Å². The lowest BCUT2D eigenvalue weighted by Crippen LogP contribution is -2.37. The van der Waals surface area contributed by atoms with Gasteiger partial charge in [0.25, 0.3) is 5.91 Å². The van der Waals surface area contributed by atoms with Crippen LogP contribution in [0.5, 0.6) is 0 Å². The van der Waals surface area contributed by atoms with Crippen molar-refractivity contribution in [3.8, 4) is 0 Å². The molecule has 0 aliphatic carbocycles. The first-order valence-electron chi connectivity index (χ1n) is 6.76. The van der Waals surface area contributed by atoms with E-state index in [-0.39, 0.29) is 24.1 Å². The second kappa shape index (κ2) is 5.69. The zero-order valence-corrected chi connectivity index (χ0v) is 12.1. The lowest BCUT2D eigenvalue weighted by Gasteiger charge is -2.18. The molecule has 1 aliphatic heterocycles. The van der Waals surface area contributed by atoms with Gasteiger partial charge in [-0.25, -0.2) is 4.98 Å². The second-order valence-electron chi connectivity index (χ2n) is 4.95. The standard InChI is InChI=1S/C15H14ClN3O2/c16-14-11-5-2-1-4-10(11)8-12(18-14)15(21)19-7-3-6-17-13(20)9-19/h1-2,4-5,8H,3,6-7,9H2,(H,17,20). The Kier molecular flexibility index (Phi) is 3.75. The maximum absolute atomic E-state index is 12.5. The van der Waals surface area contributed by atoms with Gasteiger partial charge in [0, 0.05) is 18.5 Å². The Morgan fingerprint density at radius 3 is 3.00 bits per heavy atom. The summed E-state index contributed by atoms with van der Waals surface area (Å²) in [6.45, 7) is 1.18. The van der Waals surface area contributed by atoms with Gasteiger partial charge in [-0.2, -0.15) is 0 Å². The van der Waals surface area contributed by atoms with Crippen LogP contribution >= 0.6 is 11.6 Å². The molecule has 0 radical (unpaired) electrons. The highest BCUT2D eigenvalue weighted by Crippen LogP contribution is 2.23. The number of amides is 2. The SMILES string of the molecule is O=C1CN(C(=O)c2cc3ccccc3c(Cl)n2)CCCN1. The largest absolute Gasteiger partial charge is 0.354 e. The highest BCUT2D eigenvalue weighted by Gasteiger charge is 2.22. The van der Waals surface area contributed by atoms with Crippen molar-refractivity contribution < 1.29 is 9.59 Å². The van der Waals surface area contributed by atoms with Gasteiger partial charge in [0.15, 0.2) is 0 Å². The molecule has 2 heterocycles. The van der Waals surface area contributed by atoms with Crippen molar-refractivity contribution in [2.24, 2.45) is 0 Å². The number of fused-ring (bicyclic) bond motifs is 1. The molecule has 0 saturated carbocycles. The van der Waals surface area contributed by atoms with E-state index in [0.29, 0.717) is 18.2 Å². The quantitative estimate of drug-likeness (QED) is 0.818. The first kappa shape index (κ1) is 13.8. The predicted octanol–water partition coefficient (Wildman–Crippen LogP) is 1.85. The molecule has 1 aromatic carbocycles. The van der Waals surface area contributed by atoms with Crippen molar-refractivity contribution in [1.82, 2.24) is 15.2 Å². The van der Waals surface area contributed by atoms with E-state index in [1.807, 2.05) is 24.3 Å². The van der Waals surface area contributed by atoms with E-state index in [9.17, 15) is 9.59 Å². The fourth-order valence-corrected chi connectivity index (χ4v) is 2.67. The first-order chi connectivity index (χ1) is 10.1. The molecule has 1 saturated heterocycles. The van der Waals surface area contributed by atoms with E-state index in [1.165, 1.54) is 4.90 Å². The van der Waals surface area contributed by atoms with Crippen molar-refractivity contribution in [2.45, 2.75) is 6.42 Å². The molecule has 0 spiro atoms. The van der Waals surface area contributed by atoms with Crippen molar-refractivity contribution in [2.75, 3.05) is 19.6 Å². The number of carbonyl (C=O) groups is 2. The van der Waals surface area contributed by atoms with Crippen LogP contribution < -0.4 is 5.32 Å². The van der Waals surface area contributed by atoms with Gasteiger partial charge in [0.1, 0.15) is 10.8 Å². The van der Waals surface area contributed by atoms with E-state index in [2.05, 4.69) is 10.3 Å². The number of nitrogens with zero attached hydrogens (tertiary/aromatic N) is 2. The number of nitrogens with one attached hydrogen (secondary N) is 1. The van der Waals surface area contributed by atoms with E-state index in [1.54, 1.807) is 6.07 Å². The molecule has 108 valence electrons. The van der Waals surface area contributed by atoms with Crippen LogP contribution in [0.25, 0.3) is 10.8 Å². The van der Waals surface area contributed by atoms with Gasteiger partial charge in [-0.3, -0.25) is 9.59 Å². The highest BCUT2D eigenvalue weighted by molar-refractivity contribution is 6.34. The minimum absolute atomic E-state index is 0.0605. The molecule has 5 nitrogen and oxygen atoms in total. The first-order valence-corrected chi connectivity index (χ1v) is 7.14. The normalized spacial score (nSPS) is 15.7. The van der Waals surface area contributed by atoms with Crippen molar-refractivity contribution in [3.05, 3.63) is 41.2 Å². The summed E-state index contributed by atoms with van der Waals surface area (Å²) >= 11 is 6.14. The minimum atomic E-state index is -0.264. The topological polar surface area (TPSA) is 62.3 Å². The maximum atomic E-state index is 12.5. The van der Waals surface area contributed by atoms with E-state index >= 15 is 0 Å². The zero-order valence-electron chi connectivity index (χ0n) is 11.3. The lowest BCUT2D eigenvalue weighted by atomic mass is 10.1. The third kappa shape index (κ3) is 2.83. The van der Waals surface area contributed by atoms with Gasteiger partial charge in [0.2, 0.25) is 5.91 Å². The summed E-state index contributed by atoms with van der Waals surface area (Å²) in [4.78, 5) is 29.8. The summed E-state index contributed by atoms with van der Waals surface area (Å²) in [6, 6.07) is 9.21. The van der Waals surface area contributed by atoms with E-state index < -0.39 is 0 Å². The number of rotatable bonds is 1. The van der Waals surface area contributed by atoms with E-state index in [0.717, 1.165) is 17.2 Å². The molecule has 2 aromatic rings. The summed E-state index contributed by atoms with van der Waals surface area (Å²) in [6.07, 6.45) is 0.735. The van der Waals surface area contributed by atoms with E-state index in [4.69, 9.17) is 11.6 Å².